The molecule has 70 valence electrons. The van der Waals surface area contributed by atoms with Gasteiger partial charge in [0.25, 0.3) is 0 Å². The lowest BCUT2D eigenvalue weighted by Crippen LogP contribution is -2.22. The summed E-state index contributed by atoms with van der Waals surface area (Å²) in [6, 6.07) is 0. The second kappa shape index (κ2) is 3.22. The molecular weight excluding hydrogens is 166 g/mol. The maximum atomic E-state index is 4.40. The smallest absolute Gasteiger partial charge is 0.00355 e. The van der Waals surface area contributed by atoms with Gasteiger partial charge in [-0.05, 0) is 56.4 Å². The average molecular weight is 185 g/mol. The molecule has 1 saturated heterocycles. The van der Waals surface area contributed by atoms with Gasteiger partial charge in [0.2, 0.25) is 0 Å². The molecule has 2 fully saturated rings. The average Bonchev–Trinajstić information content (AvgIpc) is 2.61. The van der Waals surface area contributed by atoms with Gasteiger partial charge in [-0.25, -0.2) is 0 Å². The van der Waals surface area contributed by atoms with Gasteiger partial charge in [-0.3, -0.25) is 0 Å². The molecule has 12 heavy (non-hydrogen) atoms. The lowest BCUT2D eigenvalue weighted by atomic mass is 9.85. The van der Waals surface area contributed by atoms with E-state index >= 15 is 0 Å². The summed E-state index contributed by atoms with van der Waals surface area (Å²) in [5.41, 5.74) is 0.710. The van der Waals surface area contributed by atoms with Crippen LogP contribution in [0.1, 0.15) is 25.7 Å². The van der Waals surface area contributed by atoms with Crippen molar-refractivity contribution in [2.75, 3.05) is 25.9 Å². The van der Waals surface area contributed by atoms with Crippen molar-refractivity contribution in [1.29, 1.82) is 0 Å². The number of hydrogen-bond acceptors (Lipinski definition) is 2. The highest BCUT2D eigenvalue weighted by atomic mass is 32.1. The van der Waals surface area contributed by atoms with E-state index in [0.717, 1.165) is 11.7 Å². The second-order valence-electron chi connectivity index (χ2n) is 4.78. The van der Waals surface area contributed by atoms with E-state index in [-0.39, 0.29) is 0 Å². The fourth-order valence-corrected chi connectivity index (χ4v) is 3.32. The zero-order valence-electron chi connectivity index (χ0n) is 7.92. The first kappa shape index (κ1) is 8.89. The Kier molecular flexibility index (Phi) is 2.39. The van der Waals surface area contributed by atoms with E-state index in [1.165, 1.54) is 38.8 Å². The van der Waals surface area contributed by atoms with Crippen molar-refractivity contribution in [3.63, 3.8) is 0 Å². The Morgan fingerprint density at radius 3 is 2.83 bits per heavy atom. The molecule has 2 atom stereocenters. The van der Waals surface area contributed by atoms with Crippen molar-refractivity contribution >= 4 is 12.6 Å². The summed E-state index contributed by atoms with van der Waals surface area (Å²) in [4.78, 5) is 2.49. The van der Waals surface area contributed by atoms with Crippen LogP contribution in [0.5, 0.6) is 0 Å². The van der Waals surface area contributed by atoms with Crippen molar-refractivity contribution in [3.05, 3.63) is 0 Å². The molecule has 2 heteroatoms. The number of thiol groups is 1. The quantitative estimate of drug-likeness (QED) is 0.612. The van der Waals surface area contributed by atoms with E-state index in [4.69, 9.17) is 0 Å². The lowest BCUT2D eigenvalue weighted by molar-refractivity contribution is 0.282. The molecule has 0 aromatic heterocycles. The molecule has 0 radical (unpaired) electrons. The Labute approximate surface area is 80.9 Å². The minimum atomic E-state index is 0.710. The predicted octanol–water partition coefficient (Wildman–Crippen LogP) is 2.04. The maximum absolute atomic E-state index is 4.40. The molecule has 0 amide bonds. The molecule has 0 aromatic carbocycles. The van der Waals surface area contributed by atoms with Gasteiger partial charge in [0.05, 0.1) is 0 Å². The van der Waals surface area contributed by atoms with E-state index in [0.29, 0.717) is 5.41 Å². The highest BCUT2D eigenvalue weighted by molar-refractivity contribution is 7.80. The summed E-state index contributed by atoms with van der Waals surface area (Å²) in [5, 5.41) is 0. The molecule has 0 aromatic rings. The lowest BCUT2D eigenvalue weighted by Gasteiger charge is -2.22. The Balaban J connectivity index is 1.97. The van der Waals surface area contributed by atoms with Crippen LogP contribution in [0.3, 0.4) is 0 Å². The monoisotopic (exact) mass is 185 g/mol. The van der Waals surface area contributed by atoms with Crippen LogP contribution < -0.4 is 0 Å². The minimum Gasteiger partial charge on any atom is -0.306 e. The third-order valence-corrected chi connectivity index (χ3v) is 4.21. The second-order valence-corrected chi connectivity index (χ2v) is 5.14. The van der Waals surface area contributed by atoms with Crippen LogP contribution in [0.15, 0.2) is 0 Å². The molecule has 2 unspecified atom stereocenters. The molecule has 1 heterocycles. The summed E-state index contributed by atoms with van der Waals surface area (Å²) in [5.74, 6) is 2.02. The molecule has 2 aliphatic rings. The molecule has 1 aliphatic carbocycles. The number of rotatable bonds is 1. The Hall–Kier alpha value is 0.310. The van der Waals surface area contributed by atoms with Crippen LogP contribution in [0.4, 0.5) is 0 Å². The molecule has 1 aliphatic heterocycles. The third-order valence-electron chi connectivity index (χ3n) is 3.69. The fraction of sp³-hybridized carbons (Fsp3) is 1.00. The van der Waals surface area contributed by atoms with Gasteiger partial charge < -0.3 is 4.90 Å². The van der Waals surface area contributed by atoms with E-state index < -0.39 is 0 Å². The Bertz CT molecular complexity index is 171. The molecule has 0 bridgehead atoms. The number of hydrogen-bond donors (Lipinski definition) is 1. The zero-order chi connectivity index (χ0) is 8.60. The molecule has 1 spiro atoms. The van der Waals surface area contributed by atoms with Crippen molar-refractivity contribution < 1.29 is 0 Å². The maximum Gasteiger partial charge on any atom is 0.00355 e. The summed E-state index contributed by atoms with van der Waals surface area (Å²) in [6.07, 6.45) is 5.77. The summed E-state index contributed by atoms with van der Waals surface area (Å²) < 4.78 is 0. The minimum absolute atomic E-state index is 0.710. The van der Waals surface area contributed by atoms with Crippen molar-refractivity contribution in [3.8, 4) is 0 Å². The Morgan fingerprint density at radius 2 is 2.33 bits per heavy atom. The molecular formula is C10H19NS. The van der Waals surface area contributed by atoms with Gasteiger partial charge in [0.15, 0.2) is 0 Å². The normalized spacial score (nSPS) is 43.0. The first-order valence-corrected chi connectivity index (χ1v) is 5.67. The molecule has 0 N–H and O–H groups in total. The van der Waals surface area contributed by atoms with Gasteiger partial charge in [0.1, 0.15) is 0 Å². The van der Waals surface area contributed by atoms with Crippen LogP contribution in [-0.2, 0) is 0 Å². The third kappa shape index (κ3) is 1.51. The summed E-state index contributed by atoms with van der Waals surface area (Å²) >= 11 is 4.40. The van der Waals surface area contributed by atoms with Gasteiger partial charge in [-0.15, -0.1) is 0 Å². The number of nitrogens with zero attached hydrogens (tertiary/aromatic N) is 1. The number of likely N-dealkylation sites (tertiary alicyclic amines) is 1. The van der Waals surface area contributed by atoms with Crippen LogP contribution in [0.25, 0.3) is 0 Å². The zero-order valence-corrected chi connectivity index (χ0v) is 8.82. The van der Waals surface area contributed by atoms with Crippen LogP contribution in [-0.4, -0.2) is 30.8 Å². The van der Waals surface area contributed by atoms with Gasteiger partial charge >= 0.3 is 0 Å². The van der Waals surface area contributed by atoms with Crippen LogP contribution in [0.2, 0.25) is 0 Å². The van der Waals surface area contributed by atoms with Gasteiger partial charge in [-0.2, -0.15) is 12.6 Å². The van der Waals surface area contributed by atoms with Crippen molar-refractivity contribution in [2.24, 2.45) is 11.3 Å². The van der Waals surface area contributed by atoms with E-state index in [2.05, 4.69) is 24.6 Å². The van der Waals surface area contributed by atoms with Crippen molar-refractivity contribution in [2.45, 2.75) is 25.7 Å². The predicted molar refractivity (Wildman–Crippen MR) is 55.7 cm³/mol. The van der Waals surface area contributed by atoms with E-state index in [9.17, 15) is 0 Å². The SMILES string of the molecule is CN1CCC2(CCC(CS)C2)C1. The van der Waals surface area contributed by atoms with Gasteiger partial charge in [0, 0.05) is 6.54 Å². The van der Waals surface area contributed by atoms with E-state index in [1.54, 1.807) is 0 Å². The summed E-state index contributed by atoms with van der Waals surface area (Å²) in [6.45, 7) is 2.66. The fourth-order valence-electron chi connectivity index (χ4n) is 3.01. The first-order chi connectivity index (χ1) is 5.74. The largest absolute Gasteiger partial charge is 0.306 e. The molecule has 1 nitrogen and oxygen atoms in total. The highest BCUT2D eigenvalue weighted by Gasteiger charge is 2.42. The Morgan fingerprint density at radius 1 is 1.50 bits per heavy atom. The van der Waals surface area contributed by atoms with Crippen LogP contribution in [0, 0.1) is 11.3 Å². The van der Waals surface area contributed by atoms with Crippen molar-refractivity contribution in [1.82, 2.24) is 4.90 Å². The highest BCUT2D eigenvalue weighted by Crippen LogP contribution is 2.47. The van der Waals surface area contributed by atoms with Crippen LogP contribution >= 0.6 is 12.6 Å². The topological polar surface area (TPSA) is 3.24 Å². The standard InChI is InChI=1S/C10H19NS/c1-11-5-4-10(8-11)3-2-9(6-10)7-12/h9,12H,2-8H2,1H3. The molecule has 1 saturated carbocycles. The summed E-state index contributed by atoms with van der Waals surface area (Å²) in [7, 11) is 2.25. The first-order valence-electron chi connectivity index (χ1n) is 5.03. The molecule has 2 rings (SSSR count). The van der Waals surface area contributed by atoms with Gasteiger partial charge in [-0.1, -0.05) is 0 Å². The van der Waals surface area contributed by atoms with E-state index in [1.807, 2.05) is 0 Å².